The summed E-state index contributed by atoms with van der Waals surface area (Å²) in [4.78, 5) is 12.3. The van der Waals surface area contributed by atoms with Crippen LogP contribution in [0.2, 0.25) is 5.02 Å². The van der Waals surface area contributed by atoms with Gasteiger partial charge in [-0.1, -0.05) is 11.6 Å². The summed E-state index contributed by atoms with van der Waals surface area (Å²) in [5.74, 6) is 0.0206. The third-order valence-corrected chi connectivity index (χ3v) is 4.74. The van der Waals surface area contributed by atoms with Crippen molar-refractivity contribution in [2.75, 3.05) is 0 Å². The third kappa shape index (κ3) is 3.09. The highest BCUT2D eigenvalue weighted by Gasteiger charge is 2.17. The van der Waals surface area contributed by atoms with Crippen LogP contribution in [0.4, 0.5) is 0 Å². The lowest BCUT2D eigenvalue weighted by molar-refractivity contribution is 0.0990. The highest BCUT2D eigenvalue weighted by atomic mass is 79.9. The van der Waals surface area contributed by atoms with E-state index in [-0.39, 0.29) is 12.2 Å². The van der Waals surface area contributed by atoms with Gasteiger partial charge in [-0.15, -0.1) is 0 Å². The van der Waals surface area contributed by atoms with Crippen LogP contribution in [0.15, 0.2) is 27.1 Å². The van der Waals surface area contributed by atoms with Gasteiger partial charge in [0.15, 0.2) is 5.78 Å². The van der Waals surface area contributed by atoms with E-state index in [2.05, 4.69) is 37.0 Å². The van der Waals surface area contributed by atoms with Crippen LogP contribution in [0.5, 0.6) is 0 Å². The number of nitrogens with zero attached hydrogens (tertiary/aromatic N) is 2. The number of benzene rings is 1. The molecule has 0 spiro atoms. The van der Waals surface area contributed by atoms with Gasteiger partial charge in [0.05, 0.1) is 22.3 Å². The third-order valence-electron chi connectivity index (χ3n) is 2.82. The molecule has 0 unspecified atom stereocenters. The Kier molecular flexibility index (Phi) is 4.48. The summed E-state index contributed by atoms with van der Waals surface area (Å²) in [7, 11) is 1.83. The SMILES string of the molecule is Cc1nn(C)c(CC(=O)c2ccc(Cl)cc2Br)c1Br. The minimum absolute atomic E-state index is 0.0206. The number of carbonyl (C=O) groups excluding carboxylic acids is 1. The van der Waals surface area contributed by atoms with E-state index in [0.29, 0.717) is 15.1 Å². The van der Waals surface area contributed by atoms with Crippen LogP contribution in [-0.2, 0) is 13.5 Å². The van der Waals surface area contributed by atoms with Crippen molar-refractivity contribution in [3.63, 3.8) is 0 Å². The lowest BCUT2D eigenvalue weighted by Crippen LogP contribution is -2.09. The molecule has 0 fully saturated rings. The minimum atomic E-state index is 0.0206. The second kappa shape index (κ2) is 5.77. The van der Waals surface area contributed by atoms with Crippen LogP contribution >= 0.6 is 43.5 Å². The number of Topliss-reactive ketones (excluding diaryl/α,β-unsaturated/α-hetero) is 1. The lowest BCUT2D eigenvalue weighted by Gasteiger charge is -2.05. The monoisotopic (exact) mass is 404 g/mol. The van der Waals surface area contributed by atoms with E-state index in [9.17, 15) is 4.79 Å². The molecule has 6 heteroatoms. The first-order chi connectivity index (χ1) is 8.90. The molecule has 0 aliphatic carbocycles. The van der Waals surface area contributed by atoms with E-state index >= 15 is 0 Å². The van der Waals surface area contributed by atoms with Crippen LogP contribution in [-0.4, -0.2) is 15.6 Å². The summed E-state index contributed by atoms with van der Waals surface area (Å²) in [5, 5.41) is 4.88. The summed E-state index contributed by atoms with van der Waals surface area (Å²) in [6, 6.07) is 5.16. The standard InChI is InChI=1S/C13H11Br2ClN2O/c1-7-13(15)11(18(2)17-7)6-12(19)9-4-3-8(16)5-10(9)14/h3-5H,6H2,1-2H3. The van der Waals surface area contributed by atoms with Gasteiger partial charge in [-0.2, -0.15) is 5.10 Å². The van der Waals surface area contributed by atoms with Gasteiger partial charge in [0.25, 0.3) is 0 Å². The molecule has 0 aliphatic heterocycles. The number of rotatable bonds is 3. The van der Waals surface area contributed by atoms with Gasteiger partial charge in [0.2, 0.25) is 0 Å². The summed E-state index contributed by atoms with van der Waals surface area (Å²) in [5.41, 5.74) is 2.36. The Hall–Kier alpha value is -0.650. The zero-order valence-electron chi connectivity index (χ0n) is 10.4. The van der Waals surface area contributed by atoms with E-state index in [0.717, 1.165) is 15.9 Å². The smallest absolute Gasteiger partial charge is 0.169 e. The Morgan fingerprint density at radius 2 is 2.11 bits per heavy atom. The van der Waals surface area contributed by atoms with Crippen LogP contribution in [0.1, 0.15) is 21.7 Å². The molecule has 100 valence electrons. The molecular formula is C13H11Br2ClN2O. The molecule has 3 nitrogen and oxygen atoms in total. The zero-order chi connectivity index (χ0) is 14.2. The molecule has 1 aromatic carbocycles. The van der Waals surface area contributed by atoms with Gasteiger partial charge in [-0.25, -0.2) is 0 Å². The number of hydrogen-bond acceptors (Lipinski definition) is 2. The first-order valence-electron chi connectivity index (χ1n) is 5.56. The van der Waals surface area contributed by atoms with Crippen molar-refractivity contribution in [1.29, 1.82) is 0 Å². The van der Waals surface area contributed by atoms with Crippen molar-refractivity contribution in [3.8, 4) is 0 Å². The molecule has 0 bridgehead atoms. The van der Waals surface area contributed by atoms with Crippen molar-refractivity contribution < 1.29 is 4.79 Å². The van der Waals surface area contributed by atoms with Crippen molar-refractivity contribution in [1.82, 2.24) is 9.78 Å². The quantitative estimate of drug-likeness (QED) is 0.711. The summed E-state index contributed by atoms with van der Waals surface area (Å²) < 4.78 is 3.31. The molecule has 0 radical (unpaired) electrons. The number of aromatic nitrogens is 2. The Bertz CT molecular complexity index is 652. The molecule has 1 aromatic heterocycles. The van der Waals surface area contributed by atoms with E-state index in [1.54, 1.807) is 22.9 Å². The lowest BCUT2D eigenvalue weighted by atomic mass is 10.1. The summed E-state index contributed by atoms with van der Waals surface area (Å²) in [6.45, 7) is 1.90. The van der Waals surface area contributed by atoms with E-state index in [4.69, 9.17) is 11.6 Å². The number of hydrogen-bond donors (Lipinski definition) is 0. The molecule has 0 saturated carbocycles. The topological polar surface area (TPSA) is 34.9 Å². The van der Waals surface area contributed by atoms with Gasteiger partial charge < -0.3 is 0 Å². The molecule has 0 aliphatic rings. The average Bonchev–Trinajstić information content (AvgIpc) is 2.56. The fourth-order valence-corrected chi connectivity index (χ4v) is 3.21. The van der Waals surface area contributed by atoms with Gasteiger partial charge in [0.1, 0.15) is 0 Å². The number of carbonyl (C=O) groups is 1. The Balaban J connectivity index is 2.31. The van der Waals surface area contributed by atoms with Crippen molar-refractivity contribution in [3.05, 3.63) is 49.1 Å². The van der Waals surface area contributed by atoms with E-state index in [1.807, 2.05) is 14.0 Å². The Labute approximate surface area is 133 Å². The van der Waals surface area contributed by atoms with E-state index in [1.165, 1.54) is 0 Å². The highest BCUT2D eigenvalue weighted by molar-refractivity contribution is 9.10. The van der Waals surface area contributed by atoms with Crippen molar-refractivity contribution >= 4 is 49.2 Å². The van der Waals surface area contributed by atoms with E-state index < -0.39 is 0 Å². The molecule has 2 rings (SSSR count). The molecule has 0 amide bonds. The molecule has 19 heavy (non-hydrogen) atoms. The van der Waals surface area contributed by atoms with Gasteiger partial charge in [-0.05, 0) is 57.0 Å². The Morgan fingerprint density at radius 3 is 2.63 bits per heavy atom. The largest absolute Gasteiger partial charge is 0.294 e. The van der Waals surface area contributed by atoms with Gasteiger partial charge in [0, 0.05) is 22.1 Å². The van der Waals surface area contributed by atoms with Crippen molar-refractivity contribution in [2.45, 2.75) is 13.3 Å². The molecule has 0 saturated heterocycles. The van der Waals surface area contributed by atoms with Crippen LogP contribution < -0.4 is 0 Å². The molecule has 0 N–H and O–H groups in total. The van der Waals surface area contributed by atoms with Crippen LogP contribution in [0.3, 0.4) is 0 Å². The Morgan fingerprint density at radius 1 is 1.42 bits per heavy atom. The number of aryl methyl sites for hydroxylation is 2. The minimum Gasteiger partial charge on any atom is -0.294 e. The van der Waals surface area contributed by atoms with Crippen LogP contribution in [0, 0.1) is 6.92 Å². The number of halogens is 3. The van der Waals surface area contributed by atoms with Crippen LogP contribution in [0.25, 0.3) is 0 Å². The summed E-state index contributed by atoms with van der Waals surface area (Å²) >= 11 is 12.7. The second-order valence-electron chi connectivity index (χ2n) is 4.19. The first-order valence-corrected chi connectivity index (χ1v) is 7.52. The molecular weight excluding hydrogens is 395 g/mol. The highest BCUT2D eigenvalue weighted by Crippen LogP contribution is 2.25. The molecule has 1 heterocycles. The average molecular weight is 407 g/mol. The maximum atomic E-state index is 12.3. The fourth-order valence-electron chi connectivity index (χ4n) is 1.84. The summed E-state index contributed by atoms with van der Waals surface area (Å²) in [6.07, 6.45) is 0.290. The first kappa shape index (κ1) is 14.8. The molecule has 0 atom stereocenters. The van der Waals surface area contributed by atoms with Crippen molar-refractivity contribution in [2.24, 2.45) is 7.05 Å². The number of ketones is 1. The molecule has 2 aromatic rings. The maximum absolute atomic E-state index is 12.3. The second-order valence-corrected chi connectivity index (χ2v) is 6.28. The fraction of sp³-hybridized carbons (Fsp3) is 0.231. The van der Waals surface area contributed by atoms with Gasteiger partial charge in [-0.3, -0.25) is 9.48 Å². The predicted octanol–water partition coefficient (Wildman–Crippen LogP) is 4.33. The zero-order valence-corrected chi connectivity index (χ0v) is 14.3. The maximum Gasteiger partial charge on any atom is 0.169 e. The predicted molar refractivity (Wildman–Crippen MR) is 82.8 cm³/mol. The van der Waals surface area contributed by atoms with Gasteiger partial charge >= 0.3 is 0 Å². The normalized spacial score (nSPS) is 10.8.